The van der Waals surface area contributed by atoms with E-state index in [1.807, 2.05) is 42.3 Å². The number of alkyl carbamates (subject to hydrolysis) is 1. The maximum absolute atomic E-state index is 14.7. The molecule has 5 atom stereocenters. The maximum atomic E-state index is 14.7. The SMILES string of the molecule is COc1ccc2c(OC3C[C@H]4C(=O)N[C@]5(C(=O)NS(=O)(=O)C6CC6)C[C@H]5/C=C\CCCN(C)C[C@H](NC(=O)OC(C)(C)C)C(=O)N4C3)nc(N3CCOCC3)cc2c1. The normalized spacial score (nSPS) is 27.9. The van der Waals surface area contributed by atoms with E-state index in [2.05, 4.69) is 20.3 Å². The molecule has 2 aliphatic carbocycles. The molecule has 2 aromatic rings. The first kappa shape index (κ1) is 41.5. The second-order valence-electron chi connectivity index (χ2n) is 16.9. The van der Waals surface area contributed by atoms with Crippen molar-refractivity contribution in [2.75, 3.05) is 65.0 Å². The van der Waals surface area contributed by atoms with E-state index in [1.165, 1.54) is 4.90 Å². The van der Waals surface area contributed by atoms with E-state index in [-0.39, 0.29) is 25.9 Å². The molecule has 17 nitrogen and oxygen atoms in total. The molecular formula is C40H55N7O10S. The summed E-state index contributed by atoms with van der Waals surface area (Å²) in [4.78, 5) is 66.7. The molecule has 2 saturated heterocycles. The van der Waals surface area contributed by atoms with Crippen LogP contribution in [0.15, 0.2) is 36.4 Å². The average molecular weight is 826 g/mol. The zero-order valence-electron chi connectivity index (χ0n) is 33.8. The lowest BCUT2D eigenvalue weighted by Crippen LogP contribution is -2.59. The molecule has 58 heavy (non-hydrogen) atoms. The third-order valence-corrected chi connectivity index (χ3v) is 13.0. The summed E-state index contributed by atoms with van der Waals surface area (Å²) in [5, 5.41) is 6.53. The third-order valence-electron chi connectivity index (χ3n) is 11.2. The van der Waals surface area contributed by atoms with Crippen LogP contribution in [0, 0.1) is 5.92 Å². The number of anilines is 1. The molecule has 4 heterocycles. The highest BCUT2D eigenvalue weighted by Gasteiger charge is 2.62. The van der Waals surface area contributed by atoms with Crippen molar-refractivity contribution in [1.29, 1.82) is 0 Å². The van der Waals surface area contributed by atoms with Gasteiger partial charge in [0.2, 0.25) is 27.7 Å². The molecule has 1 aromatic carbocycles. The van der Waals surface area contributed by atoms with Gasteiger partial charge in [0, 0.05) is 37.4 Å². The summed E-state index contributed by atoms with van der Waals surface area (Å²) >= 11 is 0. The summed E-state index contributed by atoms with van der Waals surface area (Å²) in [5.41, 5.74) is -2.37. The number of rotatable bonds is 8. The summed E-state index contributed by atoms with van der Waals surface area (Å²) in [7, 11) is -0.475. The first-order chi connectivity index (χ1) is 27.5. The quantitative estimate of drug-likeness (QED) is 0.328. The number of hydrogen-bond donors (Lipinski definition) is 3. The highest BCUT2D eigenvalue weighted by Crippen LogP contribution is 2.46. The molecule has 1 aromatic heterocycles. The van der Waals surface area contributed by atoms with E-state index >= 15 is 0 Å². The standard InChI is InChI=1S/C40H55N7O10S/c1-39(2,3)57-38(51)41-31-24-45(4)14-8-6-7-9-26-22-40(26,37(50)44-58(52,53)29-11-12-29)43-34(48)32-21-28(23-47(32)36(31)49)56-35-30-13-10-27(54-5)19-25(30)20-33(42-35)46-15-17-55-18-16-46/h7,9-10,13,19-20,26,28-29,31-32H,6,8,11-12,14-18,21-24H2,1-5H3,(H,41,51)(H,43,48)(H,44,50)/b9-7-/t26-,28?,31+,32+,40-/m1/s1. The molecular weight excluding hydrogens is 771 g/mol. The Hall–Kier alpha value is -4.68. The second kappa shape index (κ2) is 16.5. The lowest BCUT2D eigenvalue weighted by atomic mass is 10.1. The van der Waals surface area contributed by atoms with Crippen molar-refractivity contribution in [2.45, 2.75) is 93.9 Å². The van der Waals surface area contributed by atoms with Crippen molar-refractivity contribution in [3.05, 3.63) is 36.4 Å². The minimum absolute atomic E-state index is 0.0201. The van der Waals surface area contributed by atoms with Crippen LogP contribution in [0.5, 0.6) is 11.6 Å². The number of nitrogens with one attached hydrogen (secondary N) is 3. The van der Waals surface area contributed by atoms with Crippen molar-refractivity contribution >= 4 is 50.4 Å². The molecule has 1 unspecified atom stereocenters. The Bertz CT molecular complexity index is 2050. The number of likely N-dealkylation sites (N-methyl/N-ethyl adjacent to an activating group) is 1. The van der Waals surface area contributed by atoms with Gasteiger partial charge in [-0.1, -0.05) is 12.2 Å². The van der Waals surface area contributed by atoms with Gasteiger partial charge in [0.25, 0.3) is 5.91 Å². The van der Waals surface area contributed by atoms with Gasteiger partial charge in [0.05, 0.1) is 32.1 Å². The number of fused-ring (bicyclic) bond motifs is 3. The van der Waals surface area contributed by atoms with Gasteiger partial charge in [0.1, 0.15) is 40.9 Å². The van der Waals surface area contributed by atoms with Crippen LogP contribution in [0.3, 0.4) is 0 Å². The Kier molecular flexibility index (Phi) is 11.8. The van der Waals surface area contributed by atoms with E-state index in [9.17, 15) is 27.6 Å². The van der Waals surface area contributed by atoms with Crippen molar-refractivity contribution in [2.24, 2.45) is 5.92 Å². The molecule has 2 saturated carbocycles. The number of hydrogen-bond acceptors (Lipinski definition) is 13. The Morgan fingerprint density at radius 1 is 1.07 bits per heavy atom. The third kappa shape index (κ3) is 9.44. The summed E-state index contributed by atoms with van der Waals surface area (Å²) in [5.74, 6) is -0.807. The topological polar surface area (TPSA) is 198 Å². The van der Waals surface area contributed by atoms with Gasteiger partial charge >= 0.3 is 6.09 Å². The molecule has 0 radical (unpaired) electrons. The van der Waals surface area contributed by atoms with E-state index in [0.29, 0.717) is 81.4 Å². The minimum Gasteiger partial charge on any atom is -0.497 e. The summed E-state index contributed by atoms with van der Waals surface area (Å²) in [6.45, 7) is 8.17. The Labute approximate surface area is 339 Å². The van der Waals surface area contributed by atoms with Crippen LogP contribution in [-0.4, -0.2) is 142 Å². The van der Waals surface area contributed by atoms with Gasteiger partial charge < -0.3 is 44.3 Å². The number of morpholine rings is 1. The molecule has 3 N–H and O–H groups in total. The number of aromatic nitrogens is 1. The number of benzene rings is 1. The fraction of sp³-hybridized carbons (Fsp3) is 0.625. The molecule has 5 aliphatic rings. The van der Waals surface area contributed by atoms with Gasteiger partial charge in [-0.2, -0.15) is 4.98 Å². The van der Waals surface area contributed by atoms with Gasteiger partial charge in [-0.15, -0.1) is 0 Å². The first-order valence-corrected chi connectivity index (χ1v) is 21.6. The monoisotopic (exact) mass is 825 g/mol. The van der Waals surface area contributed by atoms with Crippen LogP contribution in [0.1, 0.15) is 59.3 Å². The molecule has 4 amide bonds. The zero-order valence-corrected chi connectivity index (χ0v) is 34.6. The number of amides is 4. The van der Waals surface area contributed by atoms with E-state index < -0.39 is 74.3 Å². The Morgan fingerprint density at radius 2 is 1.83 bits per heavy atom. The number of allylic oxidation sites excluding steroid dienone is 1. The maximum Gasteiger partial charge on any atom is 0.408 e. The number of ether oxygens (including phenoxy) is 4. The molecule has 316 valence electrons. The van der Waals surface area contributed by atoms with Crippen LogP contribution in [-0.2, 0) is 33.9 Å². The van der Waals surface area contributed by atoms with Crippen molar-refractivity contribution in [1.82, 2.24) is 30.1 Å². The van der Waals surface area contributed by atoms with Crippen LogP contribution in [0.4, 0.5) is 10.6 Å². The largest absolute Gasteiger partial charge is 0.497 e. The fourth-order valence-electron chi connectivity index (χ4n) is 7.84. The van der Waals surface area contributed by atoms with Crippen molar-refractivity contribution < 1.29 is 46.5 Å². The lowest BCUT2D eigenvalue weighted by Gasteiger charge is -2.32. The number of carbonyl (C=O) groups is 4. The van der Waals surface area contributed by atoms with Crippen molar-refractivity contribution in [3.8, 4) is 11.6 Å². The van der Waals surface area contributed by atoms with Gasteiger partial charge in [-0.3, -0.25) is 19.1 Å². The van der Waals surface area contributed by atoms with Crippen LogP contribution in [0.2, 0.25) is 0 Å². The highest BCUT2D eigenvalue weighted by molar-refractivity contribution is 7.91. The number of pyridine rings is 1. The van der Waals surface area contributed by atoms with E-state index in [1.54, 1.807) is 33.9 Å². The predicted molar refractivity (Wildman–Crippen MR) is 214 cm³/mol. The van der Waals surface area contributed by atoms with Gasteiger partial charge in [-0.25, -0.2) is 13.2 Å². The number of nitrogens with zero attached hydrogens (tertiary/aromatic N) is 4. The lowest BCUT2D eigenvalue weighted by molar-refractivity contribution is -0.141. The zero-order chi connectivity index (χ0) is 41.4. The number of sulfonamides is 1. The fourth-order valence-corrected chi connectivity index (χ4v) is 9.20. The predicted octanol–water partition coefficient (Wildman–Crippen LogP) is 2.09. The first-order valence-electron chi connectivity index (χ1n) is 20.1. The molecule has 3 aliphatic heterocycles. The average Bonchev–Trinajstić information content (AvgIpc) is 4.10. The van der Waals surface area contributed by atoms with Crippen LogP contribution >= 0.6 is 0 Å². The summed E-state index contributed by atoms with van der Waals surface area (Å²) < 4.78 is 51.4. The molecule has 18 heteroatoms. The number of carbonyl (C=O) groups excluding carboxylic acids is 4. The minimum atomic E-state index is -3.91. The highest BCUT2D eigenvalue weighted by atomic mass is 32.2. The van der Waals surface area contributed by atoms with Gasteiger partial charge in [0.15, 0.2) is 0 Å². The number of methoxy groups -OCH3 is 1. The molecule has 0 spiro atoms. The van der Waals surface area contributed by atoms with E-state index in [0.717, 1.165) is 5.39 Å². The van der Waals surface area contributed by atoms with E-state index in [4.69, 9.17) is 23.9 Å². The van der Waals surface area contributed by atoms with Gasteiger partial charge in [-0.05, 0) is 96.1 Å². The molecule has 4 fully saturated rings. The van der Waals surface area contributed by atoms with Crippen LogP contribution < -0.4 is 29.7 Å². The summed E-state index contributed by atoms with van der Waals surface area (Å²) in [6, 6.07) is 5.24. The second-order valence-corrected chi connectivity index (χ2v) is 18.9. The summed E-state index contributed by atoms with van der Waals surface area (Å²) in [6.07, 6.45) is 4.74. The molecule has 7 rings (SSSR count). The van der Waals surface area contributed by atoms with Crippen molar-refractivity contribution in [3.63, 3.8) is 0 Å². The Morgan fingerprint density at radius 3 is 2.53 bits per heavy atom. The Balaban J connectivity index is 1.23. The van der Waals surface area contributed by atoms with Crippen LogP contribution in [0.25, 0.3) is 10.8 Å². The smallest absolute Gasteiger partial charge is 0.408 e. The molecule has 0 bridgehead atoms.